The molecule has 0 atom stereocenters. The zero-order chi connectivity index (χ0) is 13.3. The Kier molecular flexibility index (Phi) is 3.38. The van der Waals surface area contributed by atoms with E-state index < -0.39 is 15.8 Å². The molecule has 0 spiro atoms. The van der Waals surface area contributed by atoms with E-state index in [1.54, 1.807) is 12.1 Å². The second kappa shape index (κ2) is 4.68. The lowest BCUT2D eigenvalue weighted by Crippen LogP contribution is -2.11. The van der Waals surface area contributed by atoms with Crippen molar-refractivity contribution in [1.82, 2.24) is 9.78 Å². The maximum absolute atomic E-state index is 13.6. The fourth-order valence-corrected chi connectivity index (χ4v) is 2.08. The number of primary sulfonamides is 1. The van der Waals surface area contributed by atoms with E-state index in [0.29, 0.717) is 5.56 Å². The number of nitrogens with zero attached hydrogens (tertiary/aromatic N) is 2. The van der Waals surface area contributed by atoms with E-state index >= 15 is 0 Å². The summed E-state index contributed by atoms with van der Waals surface area (Å²) in [7, 11) is -3.80. The Morgan fingerprint density at radius 1 is 1.44 bits per heavy atom. The smallest absolute Gasteiger partial charge is 0.241 e. The minimum absolute atomic E-state index is 0.00586. The molecule has 0 fully saturated rings. The molecule has 2 rings (SSSR count). The van der Waals surface area contributed by atoms with E-state index in [4.69, 9.17) is 16.7 Å². The molecular weight excluding hydrogens is 281 g/mol. The number of hydrogen-bond donors (Lipinski definition) is 1. The van der Waals surface area contributed by atoms with Crippen LogP contribution in [0.3, 0.4) is 0 Å². The van der Waals surface area contributed by atoms with Crippen LogP contribution in [0.1, 0.15) is 5.56 Å². The van der Waals surface area contributed by atoms with Gasteiger partial charge in [-0.1, -0.05) is 23.7 Å². The summed E-state index contributed by atoms with van der Waals surface area (Å²) in [6, 6.07) is 4.57. The predicted octanol–water partition coefficient (Wildman–Crippen LogP) is 1.37. The summed E-state index contributed by atoms with van der Waals surface area (Å²) < 4.78 is 37.0. The molecule has 0 amide bonds. The van der Waals surface area contributed by atoms with Crippen molar-refractivity contribution >= 4 is 21.6 Å². The van der Waals surface area contributed by atoms with Crippen LogP contribution in [-0.2, 0) is 16.6 Å². The Hall–Kier alpha value is -1.44. The summed E-state index contributed by atoms with van der Waals surface area (Å²) in [4.78, 5) is -0.120. The van der Waals surface area contributed by atoms with Gasteiger partial charge in [0.1, 0.15) is 10.7 Å². The lowest BCUT2D eigenvalue weighted by atomic mass is 10.2. The van der Waals surface area contributed by atoms with Gasteiger partial charge in [0.2, 0.25) is 10.0 Å². The van der Waals surface area contributed by atoms with Crippen molar-refractivity contribution in [2.45, 2.75) is 11.4 Å². The molecule has 0 aliphatic heterocycles. The first-order chi connectivity index (χ1) is 8.38. The highest BCUT2D eigenvalue weighted by atomic mass is 35.5. The maximum atomic E-state index is 13.6. The monoisotopic (exact) mass is 289 g/mol. The highest BCUT2D eigenvalue weighted by Gasteiger charge is 2.12. The second-order valence-electron chi connectivity index (χ2n) is 3.63. The number of hydrogen-bond acceptors (Lipinski definition) is 3. The Balaban J connectivity index is 2.30. The number of sulfonamides is 1. The molecule has 1 heterocycles. The number of benzene rings is 1. The van der Waals surface area contributed by atoms with Gasteiger partial charge in [-0.05, 0) is 6.07 Å². The van der Waals surface area contributed by atoms with E-state index in [0.717, 1.165) is 6.20 Å². The van der Waals surface area contributed by atoms with Gasteiger partial charge in [-0.3, -0.25) is 4.68 Å². The molecule has 0 bridgehead atoms. The van der Waals surface area contributed by atoms with Crippen molar-refractivity contribution in [2.24, 2.45) is 5.14 Å². The first kappa shape index (κ1) is 13.0. The molecule has 1 aromatic carbocycles. The quantitative estimate of drug-likeness (QED) is 0.927. The van der Waals surface area contributed by atoms with Crippen LogP contribution in [0.4, 0.5) is 4.39 Å². The molecule has 0 aliphatic carbocycles. The van der Waals surface area contributed by atoms with Gasteiger partial charge in [0.25, 0.3) is 0 Å². The summed E-state index contributed by atoms with van der Waals surface area (Å²) in [6.07, 6.45) is 2.34. The molecule has 0 saturated heterocycles. The molecule has 96 valence electrons. The molecule has 0 radical (unpaired) electrons. The highest BCUT2D eigenvalue weighted by molar-refractivity contribution is 7.89. The summed E-state index contributed by atoms with van der Waals surface area (Å²) in [5.41, 5.74) is 0.312. The lowest BCUT2D eigenvalue weighted by Gasteiger charge is -2.04. The van der Waals surface area contributed by atoms with Gasteiger partial charge < -0.3 is 0 Å². The van der Waals surface area contributed by atoms with Crippen molar-refractivity contribution in [3.05, 3.63) is 47.0 Å². The standard InChI is InChI=1S/C10H9ClFN3O2S/c11-9-3-1-2-7(10(9)12)5-15-6-8(4-14-15)18(13,16)17/h1-4,6H,5H2,(H2,13,16,17). The van der Waals surface area contributed by atoms with Crippen LogP contribution < -0.4 is 5.14 Å². The van der Waals surface area contributed by atoms with Gasteiger partial charge in [-0.25, -0.2) is 17.9 Å². The largest absolute Gasteiger partial charge is 0.267 e. The van der Waals surface area contributed by atoms with Gasteiger partial charge in [0, 0.05) is 11.8 Å². The first-order valence-electron chi connectivity index (χ1n) is 4.86. The van der Waals surface area contributed by atoms with Gasteiger partial charge >= 0.3 is 0 Å². The fourth-order valence-electron chi connectivity index (χ4n) is 1.42. The van der Waals surface area contributed by atoms with Gasteiger partial charge in [0.15, 0.2) is 0 Å². The second-order valence-corrected chi connectivity index (χ2v) is 5.60. The van der Waals surface area contributed by atoms with Crippen molar-refractivity contribution in [1.29, 1.82) is 0 Å². The Morgan fingerprint density at radius 3 is 2.78 bits per heavy atom. The summed E-state index contributed by atoms with van der Waals surface area (Å²) in [5, 5.41) is 8.74. The topological polar surface area (TPSA) is 78.0 Å². The molecule has 5 nitrogen and oxygen atoms in total. The molecule has 18 heavy (non-hydrogen) atoms. The molecular formula is C10H9ClFN3O2S. The minimum Gasteiger partial charge on any atom is -0.267 e. The summed E-state index contributed by atoms with van der Waals surface area (Å²) in [6.45, 7) is 0.0713. The van der Waals surface area contributed by atoms with Crippen LogP contribution in [-0.4, -0.2) is 18.2 Å². The molecule has 8 heteroatoms. The highest BCUT2D eigenvalue weighted by Crippen LogP contribution is 2.18. The lowest BCUT2D eigenvalue weighted by molar-refractivity contribution is 0.584. The molecule has 1 aromatic heterocycles. The van der Waals surface area contributed by atoms with E-state index in [9.17, 15) is 12.8 Å². The third kappa shape index (κ3) is 2.69. The minimum atomic E-state index is -3.80. The van der Waals surface area contributed by atoms with Crippen molar-refractivity contribution in [2.75, 3.05) is 0 Å². The normalized spacial score (nSPS) is 11.7. The fraction of sp³-hybridized carbons (Fsp3) is 0.100. The average molecular weight is 290 g/mol. The molecule has 0 unspecified atom stereocenters. The van der Waals surface area contributed by atoms with E-state index in [2.05, 4.69) is 5.10 Å². The van der Waals surface area contributed by atoms with Crippen LogP contribution in [0.25, 0.3) is 0 Å². The van der Waals surface area contributed by atoms with Gasteiger partial charge in [-0.15, -0.1) is 0 Å². The van der Waals surface area contributed by atoms with Crippen LogP contribution in [0.2, 0.25) is 5.02 Å². The van der Waals surface area contributed by atoms with Gasteiger partial charge in [0.05, 0.1) is 17.8 Å². The van der Waals surface area contributed by atoms with Gasteiger partial charge in [-0.2, -0.15) is 5.10 Å². The number of halogens is 2. The Labute approximate surface area is 108 Å². The Morgan fingerprint density at radius 2 is 2.17 bits per heavy atom. The zero-order valence-electron chi connectivity index (χ0n) is 9.05. The Bertz CT molecular complexity index is 684. The predicted molar refractivity (Wildman–Crippen MR) is 64.1 cm³/mol. The zero-order valence-corrected chi connectivity index (χ0v) is 10.6. The summed E-state index contributed by atoms with van der Waals surface area (Å²) in [5.74, 6) is -0.549. The van der Waals surface area contributed by atoms with Crippen LogP contribution >= 0.6 is 11.6 Å². The first-order valence-corrected chi connectivity index (χ1v) is 6.78. The molecule has 0 saturated carbocycles. The summed E-state index contributed by atoms with van der Waals surface area (Å²) >= 11 is 5.64. The molecule has 2 N–H and O–H groups in total. The molecule has 0 aliphatic rings. The maximum Gasteiger partial charge on any atom is 0.241 e. The van der Waals surface area contributed by atoms with E-state index in [-0.39, 0.29) is 16.5 Å². The van der Waals surface area contributed by atoms with Crippen LogP contribution in [0.5, 0.6) is 0 Å². The van der Waals surface area contributed by atoms with Crippen LogP contribution in [0.15, 0.2) is 35.5 Å². The van der Waals surface area contributed by atoms with E-state index in [1.165, 1.54) is 16.9 Å². The van der Waals surface area contributed by atoms with Crippen molar-refractivity contribution in [3.63, 3.8) is 0 Å². The third-order valence-corrected chi connectivity index (χ3v) is 3.46. The van der Waals surface area contributed by atoms with Crippen LogP contribution in [0, 0.1) is 5.82 Å². The number of nitrogens with two attached hydrogens (primary N) is 1. The van der Waals surface area contributed by atoms with Crippen molar-refractivity contribution in [3.8, 4) is 0 Å². The van der Waals surface area contributed by atoms with Crippen molar-refractivity contribution < 1.29 is 12.8 Å². The SMILES string of the molecule is NS(=O)(=O)c1cnn(Cc2cccc(Cl)c2F)c1. The third-order valence-electron chi connectivity index (χ3n) is 2.30. The average Bonchev–Trinajstić information content (AvgIpc) is 2.73. The van der Waals surface area contributed by atoms with E-state index in [1.807, 2.05) is 0 Å². The molecule has 2 aromatic rings. The number of aromatic nitrogens is 2. The number of rotatable bonds is 3.